The van der Waals surface area contributed by atoms with Gasteiger partial charge in [-0.2, -0.15) is 0 Å². The number of carbonyl (C=O) groups is 1. The van der Waals surface area contributed by atoms with Crippen LogP contribution in [-0.2, 0) is 16.6 Å². The van der Waals surface area contributed by atoms with Crippen LogP contribution in [0.2, 0.25) is 0 Å². The van der Waals surface area contributed by atoms with E-state index in [4.69, 9.17) is 0 Å². The van der Waals surface area contributed by atoms with E-state index in [2.05, 4.69) is 31.0 Å². The molecule has 1 aromatic heterocycles. The topological polar surface area (TPSA) is 88.2 Å². The predicted molar refractivity (Wildman–Crippen MR) is 107 cm³/mol. The first-order valence-electron chi connectivity index (χ1n) is 7.99. The molecule has 2 aromatic carbocycles. The number of amides is 1. The highest BCUT2D eigenvalue weighted by Gasteiger charge is 2.16. The highest BCUT2D eigenvalue weighted by Crippen LogP contribution is 2.17. The summed E-state index contributed by atoms with van der Waals surface area (Å²) in [5, 5.41) is 2.74. The van der Waals surface area contributed by atoms with E-state index in [1.807, 2.05) is 0 Å². The Labute approximate surface area is 165 Å². The smallest absolute Gasteiger partial charge is 0.255 e. The van der Waals surface area contributed by atoms with Gasteiger partial charge >= 0.3 is 0 Å². The minimum atomic E-state index is -3.76. The van der Waals surface area contributed by atoms with Crippen molar-refractivity contribution in [1.29, 1.82) is 0 Å². The summed E-state index contributed by atoms with van der Waals surface area (Å²) in [4.78, 5) is 16.4. The number of nitrogens with zero attached hydrogens (tertiary/aromatic N) is 1. The van der Waals surface area contributed by atoms with E-state index in [-0.39, 0.29) is 22.9 Å². The SMILES string of the molecule is O=C(Nc1ccc(Br)cc1)c1cccc(S(=O)(=O)NCc2cccnc2)c1. The molecule has 138 valence electrons. The van der Waals surface area contributed by atoms with E-state index in [9.17, 15) is 13.2 Å². The number of aromatic nitrogens is 1. The third kappa shape index (κ3) is 5.22. The molecule has 0 radical (unpaired) electrons. The van der Waals surface area contributed by atoms with Crippen LogP contribution in [-0.4, -0.2) is 19.3 Å². The fourth-order valence-corrected chi connectivity index (χ4v) is 3.63. The lowest BCUT2D eigenvalue weighted by molar-refractivity contribution is 0.102. The Morgan fingerprint density at radius 1 is 1.04 bits per heavy atom. The van der Waals surface area contributed by atoms with E-state index in [1.165, 1.54) is 18.2 Å². The second-order valence-electron chi connectivity index (χ2n) is 5.67. The first-order valence-corrected chi connectivity index (χ1v) is 10.3. The Bertz CT molecular complexity index is 1040. The molecule has 3 aromatic rings. The number of sulfonamides is 1. The second-order valence-corrected chi connectivity index (χ2v) is 8.36. The van der Waals surface area contributed by atoms with Gasteiger partial charge in [0.1, 0.15) is 0 Å². The number of hydrogen-bond donors (Lipinski definition) is 2. The lowest BCUT2D eigenvalue weighted by Crippen LogP contribution is -2.23. The van der Waals surface area contributed by atoms with Crippen LogP contribution in [0, 0.1) is 0 Å². The van der Waals surface area contributed by atoms with Crippen molar-refractivity contribution >= 4 is 37.5 Å². The van der Waals surface area contributed by atoms with Crippen molar-refractivity contribution in [2.45, 2.75) is 11.4 Å². The van der Waals surface area contributed by atoms with Gasteiger partial charge in [0.15, 0.2) is 0 Å². The highest BCUT2D eigenvalue weighted by atomic mass is 79.9. The average molecular weight is 446 g/mol. The molecule has 0 aliphatic rings. The third-order valence-corrected chi connectivity index (χ3v) is 5.63. The molecule has 2 N–H and O–H groups in total. The van der Waals surface area contributed by atoms with E-state index < -0.39 is 10.0 Å². The molecular weight excluding hydrogens is 430 g/mol. The third-order valence-electron chi connectivity index (χ3n) is 3.70. The van der Waals surface area contributed by atoms with Gasteiger partial charge in [0, 0.05) is 34.7 Å². The number of anilines is 1. The van der Waals surface area contributed by atoms with Crippen molar-refractivity contribution in [3.8, 4) is 0 Å². The number of carbonyl (C=O) groups excluding carboxylic acids is 1. The van der Waals surface area contributed by atoms with Crippen molar-refractivity contribution in [2.75, 3.05) is 5.32 Å². The molecule has 1 heterocycles. The van der Waals surface area contributed by atoms with Gasteiger partial charge in [-0.15, -0.1) is 0 Å². The zero-order chi connectivity index (χ0) is 19.3. The zero-order valence-electron chi connectivity index (χ0n) is 14.1. The van der Waals surface area contributed by atoms with Crippen molar-refractivity contribution in [3.63, 3.8) is 0 Å². The fraction of sp³-hybridized carbons (Fsp3) is 0.0526. The van der Waals surface area contributed by atoms with Gasteiger partial charge in [-0.05, 0) is 54.1 Å². The summed E-state index contributed by atoms with van der Waals surface area (Å²) in [5.41, 5.74) is 1.61. The number of hydrogen-bond acceptors (Lipinski definition) is 4. The van der Waals surface area contributed by atoms with Gasteiger partial charge in [0.05, 0.1) is 4.90 Å². The first kappa shape index (κ1) is 19.2. The molecule has 0 aliphatic heterocycles. The molecule has 0 aliphatic carbocycles. The summed E-state index contributed by atoms with van der Waals surface area (Å²) < 4.78 is 28.4. The molecule has 0 saturated heterocycles. The van der Waals surface area contributed by atoms with Crippen LogP contribution in [0.25, 0.3) is 0 Å². The zero-order valence-corrected chi connectivity index (χ0v) is 16.5. The standard InChI is InChI=1S/C19H16BrN3O3S/c20-16-6-8-17(9-7-16)23-19(24)15-4-1-5-18(11-15)27(25,26)22-13-14-3-2-10-21-12-14/h1-12,22H,13H2,(H,23,24). The van der Waals surface area contributed by atoms with Gasteiger partial charge in [0.25, 0.3) is 5.91 Å². The normalized spacial score (nSPS) is 11.1. The predicted octanol–water partition coefficient (Wildman–Crippen LogP) is 3.57. The van der Waals surface area contributed by atoms with Gasteiger partial charge in [-0.3, -0.25) is 9.78 Å². The van der Waals surface area contributed by atoms with Gasteiger partial charge in [0.2, 0.25) is 10.0 Å². The number of halogens is 1. The Morgan fingerprint density at radius 3 is 2.52 bits per heavy atom. The number of nitrogens with one attached hydrogen (secondary N) is 2. The first-order chi connectivity index (χ1) is 12.9. The number of rotatable bonds is 6. The van der Waals surface area contributed by atoms with E-state index in [0.717, 1.165) is 10.0 Å². The van der Waals surface area contributed by atoms with Crippen molar-refractivity contribution < 1.29 is 13.2 Å². The Balaban J connectivity index is 1.73. The quantitative estimate of drug-likeness (QED) is 0.606. The monoisotopic (exact) mass is 445 g/mol. The Kier molecular flexibility index (Phi) is 6.00. The Hall–Kier alpha value is -2.55. The molecule has 8 heteroatoms. The second kappa shape index (κ2) is 8.43. The molecule has 0 bridgehead atoms. The summed E-state index contributed by atoms with van der Waals surface area (Å²) in [7, 11) is -3.76. The maximum atomic E-state index is 12.5. The van der Waals surface area contributed by atoms with Crippen molar-refractivity contribution in [3.05, 3.63) is 88.7 Å². The van der Waals surface area contributed by atoms with Crippen LogP contribution in [0.4, 0.5) is 5.69 Å². The average Bonchev–Trinajstić information content (AvgIpc) is 2.69. The largest absolute Gasteiger partial charge is 0.322 e. The van der Waals surface area contributed by atoms with Crippen LogP contribution in [0.15, 0.2) is 82.4 Å². The van der Waals surface area contributed by atoms with Crippen molar-refractivity contribution in [1.82, 2.24) is 9.71 Å². The molecule has 0 fully saturated rings. The number of pyridine rings is 1. The summed E-state index contributed by atoms with van der Waals surface area (Å²) in [6.45, 7) is 0.117. The summed E-state index contributed by atoms with van der Waals surface area (Å²) in [5.74, 6) is -0.387. The highest BCUT2D eigenvalue weighted by molar-refractivity contribution is 9.10. The minimum absolute atomic E-state index is 0.0230. The number of benzene rings is 2. The van der Waals surface area contributed by atoms with Crippen LogP contribution < -0.4 is 10.0 Å². The lowest BCUT2D eigenvalue weighted by atomic mass is 10.2. The molecule has 0 spiro atoms. The molecule has 6 nitrogen and oxygen atoms in total. The van der Waals surface area contributed by atoms with E-state index in [1.54, 1.807) is 54.9 Å². The van der Waals surface area contributed by atoms with Crippen LogP contribution in [0.5, 0.6) is 0 Å². The van der Waals surface area contributed by atoms with E-state index >= 15 is 0 Å². The van der Waals surface area contributed by atoms with Crippen molar-refractivity contribution in [2.24, 2.45) is 0 Å². The fourth-order valence-electron chi connectivity index (χ4n) is 2.31. The van der Waals surface area contributed by atoms with Crippen LogP contribution in [0.1, 0.15) is 15.9 Å². The lowest BCUT2D eigenvalue weighted by Gasteiger charge is -2.09. The minimum Gasteiger partial charge on any atom is -0.322 e. The van der Waals surface area contributed by atoms with Gasteiger partial charge in [-0.25, -0.2) is 13.1 Å². The maximum Gasteiger partial charge on any atom is 0.255 e. The van der Waals surface area contributed by atoms with E-state index in [0.29, 0.717) is 5.69 Å². The molecular formula is C19H16BrN3O3S. The molecule has 0 atom stereocenters. The molecule has 0 saturated carbocycles. The van der Waals surface area contributed by atoms with Gasteiger partial charge in [-0.1, -0.05) is 28.1 Å². The molecule has 27 heavy (non-hydrogen) atoms. The summed E-state index contributed by atoms with van der Waals surface area (Å²) >= 11 is 3.33. The summed E-state index contributed by atoms with van der Waals surface area (Å²) in [6.07, 6.45) is 3.20. The van der Waals surface area contributed by atoms with Gasteiger partial charge < -0.3 is 5.32 Å². The molecule has 1 amide bonds. The van der Waals surface area contributed by atoms with Crippen LogP contribution in [0.3, 0.4) is 0 Å². The maximum absolute atomic E-state index is 12.5. The molecule has 0 unspecified atom stereocenters. The molecule has 3 rings (SSSR count). The summed E-state index contributed by atoms with van der Waals surface area (Å²) in [6, 6.07) is 16.5. The Morgan fingerprint density at radius 2 is 1.81 bits per heavy atom. The van der Waals surface area contributed by atoms with Crippen LogP contribution >= 0.6 is 15.9 Å².